The van der Waals surface area contributed by atoms with E-state index in [1.807, 2.05) is 5.32 Å². The van der Waals surface area contributed by atoms with E-state index in [1.165, 1.54) is 6.07 Å². The fourth-order valence-electron chi connectivity index (χ4n) is 2.50. The summed E-state index contributed by atoms with van der Waals surface area (Å²) in [5.41, 5.74) is 3.60. The summed E-state index contributed by atoms with van der Waals surface area (Å²) in [4.78, 5) is 16.5. The van der Waals surface area contributed by atoms with E-state index in [4.69, 9.17) is 5.11 Å². The van der Waals surface area contributed by atoms with Crippen LogP contribution in [0.2, 0.25) is 0 Å². The fraction of sp³-hybridized carbons (Fsp3) is 0.263. The number of rotatable bonds is 4. The highest BCUT2D eigenvalue weighted by Gasteiger charge is 2.28. The average molecular weight is 452 g/mol. The van der Waals surface area contributed by atoms with Gasteiger partial charge in [0.2, 0.25) is 0 Å². The number of nitrogens with zero attached hydrogens (tertiary/aromatic N) is 4. The summed E-state index contributed by atoms with van der Waals surface area (Å²) >= 11 is 1.06. The molecule has 0 saturated carbocycles. The second-order valence-corrected chi connectivity index (χ2v) is 7.66. The first kappa shape index (κ1) is 22.4. The highest BCUT2D eigenvalue weighted by molar-refractivity contribution is 7.12. The number of aromatic nitrogens is 5. The molecule has 0 bridgehead atoms. The van der Waals surface area contributed by atoms with E-state index in [1.54, 1.807) is 54.7 Å². The number of aromatic amines is 1. The minimum atomic E-state index is -4.45. The Hall–Kier alpha value is -3.25. The van der Waals surface area contributed by atoms with Crippen molar-refractivity contribution in [2.45, 2.75) is 26.1 Å². The molecule has 12 heteroatoms. The van der Waals surface area contributed by atoms with E-state index in [0.29, 0.717) is 16.8 Å². The summed E-state index contributed by atoms with van der Waals surface area (Å²) in [6.45, 7) is 2.08. The summed E-state index contributed by atoms with van der Waals surface area (Å²) in [6.07, 6.45) is 3.85. The van der Waals surface area contributed by atoms with Gasteiger partial charge in [-0.25, -0.2) is 9.50 Å². The van der Waals surface area contributed by atoms with Crippen molar-refractivity contribution >= 4 is 22.9 Å². The second-order valence-electron chi connectivity index (χ2n) is 6.75. The molecule has 0 aromatic carbocycles. The van der Waals surface area contributed by atoms with Crippen molar-refractivity contribution in [1.82, 2.24) is 30.1 Å². The Morgan fingerprint density at radius 2 is 2.00 bits per heavy atom. The number of alkyl halides is 3. The zero-order chi connectivity index (χ0) is 22.6. The van der Waals surface area contributed by atoms with Gasteiger partial charge in [-0.1, -0.05) is 0 Å². The smallest absolute Gasteiger partial charge is 0.394 e. The van der Waals surface area contributed by atoms with Crippen LogP contribution in [0.3, 0.4) is 0 Å². The van der Waals surface area contributed by atoms with Gasteiger partial charge in [0.25, 0.3) is 5.91 Å². The lowest BCUT2D eigenvalue weighted by atomic mass is 10.1. The van der Waals surface area contributed by atoms with Crippen LogP contribution in [0, 0.1) is 0 Å². The maximum Gasteiger partial charge on any atom is 0.405 e. The van der Waals surface area contributed by atoms with Crippen LogP contribution >= 0.6 is 11.3 Å². The third-order valence-electron chi connectivity index (χ3n) is 3.77. The number of aliphatic hydroxyl groups is 1. The van der Waals surface area contributed by atoms with Crippen LogP contribution in [0.5, 0.6) is 0 Å². The summed E-state index contributed by atoms with van der Waals surface area (Å²) in [7, 11) is 0. The molecule has 0 saturated heterocycles. The Bertz CT molecular complexity index is 1150. The normalized spacial score (nSPS) is 11.5. The molecule has 164 valence electrons. The quantitative estimate of drug-likeness (QED) is 0.439. The Morgan fingerprint density at radius 3 is 2.65 bits per heavy atom. The molecule has 0 unspecified atom stereocenters. The molecule has 4 rings (SSSR count). The van der Waals surface area contributed by atoms with Crippen LogP contribution in [-0.2, 0) is 0 Å². The Labute approximate surface area is 178 Å². The van der Waals surface area contributed by atoms with E-state index in [9.17, 15) is 18.0 Å². The van der Waals surface area contributed by atoms with E-state index in [0.717, 1.165) is 22.5 Å². The van der Waals surface area contributed by atoms with Crippen molar-refractivity contribution in [2.75, 3.05) is 6.54 Å². The molecule has 0 spiro atoms. The Morgan fingerprint density at radius 1 is 1.26 bits per heavy atom. The van der Waals surface area contributed by atoms with Crippen LogP contribution in [0.15, 0.2) is 42.4 Å². The minimum absolute atomic E-state index is 0.167. The molecule has 0 aliphatic rings. The zero-order valence-corrected chi connectivity index (χ0v) is 17.3. The highest BCUT2D eigenvalue weighted by atomic mass is 32.1. The maximum absolute atomic E-state index is 12.2. The summed E-state index contributed by atoms with van der Waals surface area (Å²) in [6, 6.07) is 1.53. The molecule has 4 aromatic rings. The van der Waals surface area contributed by atoms with Crippen molar-refractivity contribution in [1.29, 1.82) is 0 Å². The number of hydrogen-bond acceptors (Lipinski definition) is 6. The fourth-order valence-corrected chi connectivity index (χ4v) is 3.32. The van der Waals surface area contributed by atoms with Gasteiger partial charge in [0.05, 0.1) is 17.3 Å². The number of nitrogens with one attached hydrogen (secondary N) is 2. The summed E-state index contributed by atoms with van der Waals surface area (Å²) < 4.78 is 38.3. The summed E-state index contributed by atoms with van der Waals surface area (Å²) in [5.74, 6) is -0.768. The predicted molar refractivity (Wildman–Crippen MR) is 110 cm³/mol. The standard InChI is InChI=1S/C16H11F3N6OS.C3H8O/c17-16(18,19)8-21-15(26)13-1-9(7-27-13)12-5-24-25-6-11(2-20-14(12)25)10-3-22-23-4-10;1-3(2)4/h1-7H,8H2,(H,21,26)(H,22,23);3-4H,1-2H3. The molecule has 0 fully saturated rings. The molecular weight excluding hydrogens is 433 g/mol. The van der Waals surface area contributed by atoms with Gasteiger partial charge in [0, 0.05) is 41.4 Å². The first-order valence-electron chi connectivity index (χ1n) is 9.08. The molecular formula is C19H19F3N6O2S. The molecule has 0 aliphatic carbocycles. The minimum Gasteiger partial charge on any atom is -0.394 e. The number of hydrogen-bond donors (Lipinski definition) is 3. The first-order chi connectivity index (χ1) is 14.6. The first-order valence-corrected chi connectivity index (χ1v) is 9.96. The third-order valence-corrected chi connectivity index (χ3v) is 4.70. The molecule has 4 heterocycles. The topological polar surface area (TPSA) is 108 Å². The van der Waals surface area contributed by atoms with Gasteiger partial charge in [-0.15, -0.1) is 11.3 Å². The van der Waals surface area contributed by atoms with Gasteiger partial charge in [0.1, 0.15) is 6.54 Å². The van der Waals surface area contributed by atoms with Crippen molar-refractivity contribution in [3.63, 3.8) is 0 Å². The Kier molecular flexibility index (Phi) is 6.71. The molecule has 1 amide bonds. The summed E-state index contributed by atoms with van der Waals surface area (Å²) in [5, 5.41) is 22.5. The molecule has 3 N–H and O–H groups in total. The van der Waals surface area contributed by atoms with Crippen molar-refractivity contribution in [3.05, 3.63) is 47.3 Å². The van der Waals surface area contributed by atoms with Gasteiger partial charge in [-0.2, -0.15) is 23.4 Å². The van der Waals surface area contributed by atoms with Gasteiger partial charge >= 0.3 is 6.18 Å². The molecule has 8 nitrogen and oxygen atoms in total. The molecule has 0 atom stereocenters. The molecule has 0 radical (unpaired) electrons. The van der Waals surface area contributed by atoms with Crippen molar-refractivity contribution in [2.24, 2.45) is 0 Å². The SMILES string of the molecule is CC(C)O.O=C(NCC(F)(F)F)c1cc(-c2cnn3cc(-c4cn[nH]c4)cnc23)cs1. The number of halogens is 3. The average Bonchev–Trinajstić information content (AvgIpc) is 3.44. The van der Waals surface area contributed by atoms with Crippen LogP contribution in [0.1, 0.15) is 23.5 Å². The van der Waals surface area contributed by atoms with E-state index < -0.39 is 18.6 Å². The number of H-pyrrole nitrogens is 1. The van der Waals surface area contributed by atoms with Gasteiger partial charge < -0.3 is 10.4 Å². The van der Waals surface area contributed by atoms with Crippen LogP contribution < -0.4 is 5.32 Å². The number of thiophene rings is 1. The number of amides is 1. The van der Waals surface area contributed by atoms with Crippen molar-refractivity contribution < 1.29 is 23.1 Å². The maximum atomic E-state index is 12.2. The lowest BCUT2D eigenvalue weighted by Crippen LogP contribution is -2.33. The third kappa shape index (κ3) is 5.89. The number of carbonyl (C=O) groups excluding carboxylic acids is 1. The van der Waals surface area contributed by atoms with Crippen LogP contribution in [0.4, 0.5) is 13.2 Å². The Balaban J connectivity index is 0.000000628. The lowest BCUT2D eigenvalue weighted by molar-refractivity contribution is -0.123. The predicted octanol–water partition coefficient (Wildman–Crippen LogP) is 3.53. The van der Waals surface area contributed by atoms with Gasteiger partial charge in [0.15, 0.2) is 5.65 Å². The zero-order valence-electron chi connectivity index (χ0n) is 16.5. The highest BCUT2D eigenvalue weighted by Crippen LogP contribution is 2.29. The van der Waals surface area contributed by atoms with Crippen molar-refractivity contribution in [3.8, 4) is 22.3 Å². The largest absolute Gasteiger partial charge is 0.405 e. The van der Waals surface area contributed by atoms with Gasteiger partial charge in [-0.05, 0) is 30.9 Å². The van der Waals surface area contributed by atoms with Crippen LogP contribution in [0.25, 0.3) is 27.9 Å². The number of fused-ring (bicyclic) bond motifs is 1. The molecule has 4 aromatic heterocycles. The number of carbonyl (C=O) groups is 1. The van der Waals surface area contributed by atoms with E-state index >= 15 is 0 Å². The molecule has 0 aliphatic heterocycles. The second kappa shape index (κ2) is 9.27. The monoisotopic (exact) mass is 452 g/mol. The van der Waals surface area contributed by atoms with E-state index in [-0.39, 0.29) is 11.0 Å². The lowest BCUT2D eigenvalue weighted by Gasteiger charge is -2.06. The molecule has 31 heavy (non-hydrogen) atoms. The van der Waals surface area contributed by atoms with Crippen LogP contribution in [-0.4, -0.2) is 54.6 Å². The van der Waals surface area contributed by atoms with Gasteiger partial charge in [-0.3, -0.25) is 9.89 Å². The number of aliphatic hydroxyl groups excluding tert-OH is 1. The van der Waals surface area contributed by atoms with E-state index in [2.05, 4.69) is 20.3 Å².